The molecule has 0 bridgehead atoms. The molecule has 2 N–H and O–H groups in total. The summed E-state index contributed by atoms with van der Waals surface area (Å²) in [5.74, 6) is -0.931. The second-order valence-electron chi connectivity index (χ2n) is 6.38. The van der Waals surface area contributed by atoms with Crippen LogP contribution < -0.4 is 0 Å². The van der Waals surface area contributed by atoms with Gasteiger partial charge in [0.25, 0.3) is 5.91 Å². The molecule has 1 amide bonds. The van der Waals surface area contributed by atoms with E-state index in [0.717, 1.165) is 6.54 Å². The predicted octanol–water partition coefficient (Wildman–Crippen LogP) is 0.980. The van der Waals surface area contributed by atoms with Gasteiger partial charge in [0.1, 0.15) is 5.69 Å². The molecule has 1 saturated heterocycles. The predicted molar refractivity (Wildman–Crippen MR) is 86.0 cm³/mol. The van der Waals surface area contributed by atoms with Crippen LogP contribution in [0.15, 0.2) is 0 Å². The zero-order valence-corrected chi connectivity index (χ0v) is 14.2. The van der Waals surface area contributed by atoms with Crippen LogP contribution in [-0.4, -0.2) is 78.7 Å². The van der Waals surface area contributed by atoms with Crippen molar-refractivity contribution in [1.29, 1.82) is 0 Å². The van der Waals surface area contributed by atoms with Crippen molar-refractivity contribution >= 4 is 11.9 Å². The van der Waals surface area contributed by atoms with Gasteiger partial charge in [0.05, 0.1) is 18.8 Å². The zero-order valence-electron chi connectivity index (χ0n) is 14.2. The first kappa shape index (κ1) is 17.5. The molecule has 7 nitrogen and oxygen atoms in total. The Morgan fingerprint density at radius 1 is 1.39 bits per heavy atom. The molecule has 7 heteroatoms. The molecule has 2 heterocycles. The SMILES string of the molecule is Cc1[nH]c(C(=O)N2CCOCC(CN(C)C)C2)c(C)c1C(=O)O. The third-order valence-corrected chi connectivity index (χ3v) is 4.11. The lowest BCUT2D eigenvalue weighted by molar-refractivity contribution is 0.0695. The van der Waals surface area contributed by atoms with Crippen LogP contribution in [0.25, 0.3) is 0 Å². The average Bonchev–Trinajstić information content (AvgIpc) is 2.62. The quantitative estimate of drug-likeness (QED) is 0.863. The van der Waals surface area contributed by atoms with Crippen LogP contribution in [0.1, 0.15) is 32.1 Å². The Labute approximate surface area is 136 Å². The number of hydrogen-bond donors (Lipinski definition) is 2. The number of nitrogens with one attached hydrogen (secondary N) is 1. The number of carbonyl (C=O) groups is 2. The molecule has 23 heavy (non-hydrogen) atoms. The molecule has 1 unspecified atom stereocenters. The maximum absolute atomic E-state index is 12.8. The Balaban J connectivity index is 2.22. The van der Waals surface area contributed by atoms with Crippen molar-refractivity contribution in [2.24, 2.45) is 5.92 Å². The molecule has 1 fully saturated rings. The summed E-state index contributed by atoms with van der Waals surface area (Å²) in [5, 5.41) is 9.27. The number of nitrogens with zero attached hydrogens (tertiary/aromatic N) is 2. The second kappa shape index (κ2) is 7.14. The molecule has 0 spiro atoms. The molecular weight excluding hydrogens is 298 g/mol. The van der Waals surface area contributed by atoms with Crippen LogP contribution in [0.2, 0.25) is 0 Å². The molecule has 1 aromatic rings. The Bertz CT molecular complexity index is 594. The van der Waals surface area contributed by atoms with Gasteiger partial charge in [0.15, 0.2) is 0 Å². The highest BCUT2D eigenvalue weighted by atomic mass is 16.5. The van der Waals surface area contributed by atoms with Crippen LogP contribution in [0, 0.1) is 19.8 Å². The first-order valence-electron chi connectivity index (χ1n) is 7.75. The van der Waals surface area contributed by atoms with Gasteiger partial charge in [0, 0.05) is 31.2 Å². The van der Waals surface area contributed by atoms with Gasteiger partial charge in [-0.3, -0.25) is 4.79 Å². The molecule has 0 radical (unpaired) electrons. The summed E-state index contributed by atoms with van der Waals surface area (Å²) in [6.45, 7) is 6.44. The van der Waals surface area contributed by atoms with Crippen molar-refractivity contribution in [3.05, 3.63) is 22.5 Å². The van der Waals surface area contributed by atoms with Crippen molar-refractivity contribution in [2.75, 3.05) is 46.9 Å². The third-order valence-electron chi connectivity index (χ3n) is 4.11. The standard InChI is InChI=1S/C16H25N3O4/c1-10-13(16(21)22)11(2)17-14(10)15(20)19-5-6-23-9-12(8-19)7-18(3)4/h12,17H,5-9H2,1-4H3,(H,21,22). The maximum atomic E-state index is 12.8. The van der Waals surface area contributed by atoms with Crippen molar-refractivity contribution in [3.63, 3.8) is 0 Å². The van der Waals surface area contributed by atoms with E-state index in [1.165, 1.54) is 0 Å². The molecule has 2 rings (SSSR count). The van der Waals surface area contributed by atoms with Gasteiger partial charge < -0.3 is 24.6 Å². The first-order chi connectivity index (χ1) is 10.8. The van der Waals surface area contributed by atoms with E-state index in [-0.39, 0.29) is 17.4 Å². The van der Waals surface area contributed by atoms with Crippen molar-refractivity contribution < 1.29 is 19.4 Å². The molecule has 0 aromatic carbocycles. The van der Waals surface area contributed by atoms with Crippen LogP contribution in [0.3, 0.4) is 0 Å². The molecule has 1 atom stereocenters. The zero-order chi connectivity index (χ0) is 17.1. The molecule has 0 saturated carbocycles. The number of aromatic nitrogens is 1. The number of rotatable bonds is 4. The maximum Gasteiger partial charge on any atom is 0.337 e. The van der Waals surface area contributed by atoms with Gasteiger partial charge >= 0.3 is 5.97 Å². The number of H-pyrrole nitrogens is 1. The van der Waals surface area contributed by atoms with Crippen LogP contribution >= 0.6 is 0 Å². The Morgan fingerprint density at radius 3 is 2.65 bits per heavy atom. The molecule has 1 aliphatic heterocycles. The van der Waals surface area contributed by atoms with Gasteiger partial charge in [-0.2, -0.15) is 0 Å². The van der Waals surface area contributed by atoms with Crippen molar-refractivity contribution in [1.82, 2.24) is 14.8 Å². The third kappa shape index (κ3) is 3.92. The fourth-order valence-corrected chi connectivity index (χ4v) is 3.13. The number of aromatic amines is 1. The summed E-state index contributed by atoms with van der Waals surface area (Å²) in [5.41, 5.74) is 1.55. The van der Waals surface area contributed by atoms with Gasteiger partial charge in [-0.05, 0) is 33.5 Å². The number of carboxylic acids is 1. The highest BCUT2D eigenvalue weighted by Crippen LogP contribution is 2.20. The number of aryl methyl sites for hydroxylation is 1. The Kier molecular flexibility index (Phi) is 5.43. The lowest BCUT2D eigenvalue weighted by atomic mass is 10.1. The fraction of sp³-hybridized carbons (Fsp3) is 0.625. The normalized spacial score (nSPS) is 19.0. The van der Waals surface area contributed by atoms with Crippen LogP contribution in [0.4, 0.5) is 0 Å². The molecule has 1 aliphatic rings. The summed E-state index contributed by atoms with van der Waals surface area (Å²) in [7, 11) is 3.99. The summed E-state index contributed by atoms with van der Waals surface area (Å²) < 4.78 is 5.60. The smallest absolute Gasteiger partial charge is 0.337 e. The van der Waals surface area contributed by atoms with E-state index < -0.39 is 5.97 Å². The topological polar surface area (TPSA) is 85.9 Å². The Morgan fingerprint density at radius 2 is 2.09 bits per heavy atom. The number of aromatic carboxylic acids is 1. The number of carbonyl (C=O) groups excluding carboxylic acids is 1. The molecular formula is C16H25N3O4. The van der Waals surface area contributed by atoms with E-state index >= 15 is 0 Å². The number of amides is 1. The lowest BCUT2D eigenvalue weighted by Gasteiger charge is -2.25. The molecule has 0 aliphatic carbocycles. The van der Waals surface area contributed by atoms with Gasteiger partial charge in [-0.25, -0.2) is 4.79 Å². The molecule has 1 aromatic heterocycles. The van der Waals surface area contributed by atoms with Crippen LogP contribution in [0.5, 0.6) is 0 Å². The summed E-state index contributed by atoms with van der Waals surface area (Å²) in [6.07, 6.45) is 0. The van der Waals surface area contributed by atoms with E-state index in [2.05, 4.69) is 9.88 Å². The van der Waals surface area contributed by atoms with E-state index in [9.17, 15) is 14.7 Å². The number of carboxylic acid groups (broad SMARTS) is 1. The first-order valence-corrected chi connectivity index (χ1v) is 7.75. The highest BCUT2D eigenvalue weighted by Gasteiger charge is 2.28. The summed E-state index contributed by atoms with van der Waals surface area (Å²) in [4.78, 5) is 30.9. The molecule has 128 valence electrons. The summed E-state index contributed by atoms with van der Waals surface area (Å²) in [6, 6.07) is 0. The average molecular weight is 323 g/mol. The highest BCUT2D eigenvalue weighted by molar-refractivity contribution is 5.99. The second-order valence-corrected chi connectivity index (χ2v) is 6.38. The minimum absolute atomic E-state index is 0.160. The van der Waals surface area contributed by atoms with Gasteiger partial charge in [-0.1, -0.05) is 0 Å². The largest absolute Gasteiger partial charge is 0.478 e. The Hall–Kier alpha value is -1.86. The van der Waals surface area contributed by atoms with E-state index in [1.54, 1.807) is 18.7 Å². The number of ether oxygens (including phenoxy) is 1. The van der Waals surface area contributed by atoms with E-state index in [0.29, 0.717) is 43.3 Å². The van der Waals surface area contributed by atoms with E-state index in [1.807, 2.05) is 14.1 Å². The minimum Gasteiger partial charge on any atom is -0.478 e. The van der Waals surface area contributed by atoms with Gasteiger partial charge in [-0.15, -0.1) is 0 Å². The van der Waals surface area contributed by atoms with Crippen LogP contribution in [-0.2, 0) is 4.74 Å². The number of hydrogen-bond acceptors (Lipinski definition) is 4. The monoisotopic (exact) mass is 323 g/mol. The minimum atomic E-state index is -1.01. The van der Waals surface area contributed by atoms with Gasteiger partial charge in [0.2, 0.25) is 0 Å². The van der Waals surface area contributed by atoms with Crippen molar-refractivity contribution in [3.8, 4) is 0 Å². The fourth-order valence-electron chi connectivity index (χ4n) is 3.13. The van der Waals surface area contributed by atoms with Crippen molar-refractivity contribution in [2.45, 2.75) is 13.8 Å². The van der Waals surface area contributed by atoms with E-state index in [4.69, 9.17) is 4.74 Å². The summed E-state index contributed by atoms with van der Waals surface area (Å²) >= 11 is 0. The lowest BCUT2D eigenvalue weighted by Crippen LogP contribution is -2.39.